The summed E-state index contributed by atoms with van der Waals surface area (Å²) in [6, 6.07) is 10.7. The predicted molar refractivity (Wildman–Crippen MR) is 61.1 cm³/mol. The van der Waals surface area contributed by atoms with Crippen molar-refractivity contribution in [3.8, 4) is 0 Å². The molecule has 0 bridgehead atoms. The van der Waals surface area contributed by atoms with Gasteiger partial charge in [-0.2, -0.15) is 0 Å². The van der Waals surface area contributed by atoms with E-state index in [0.717, 1.165) is 5.75 Å². The van der Waals surface area contributed by atoms with Crippen LogP contribution in [0.1, 0.15) is 31.2 Å². The molecular weight excluding hydrogens is 176 g/mol. The van der Waals surface area contributed by atoms with E-state index in [9.17, 15) is 0 Å². The monoisotopic (exact) mass is 193 g/mol. The molecule has 0 N–H and O–H groups in total. The number of aryl methyl sites for hydroxylation is 1. The highest BCUT2D eigenvalue weighted by Crippen LogP contribution is 2.07. The summed E-state index contributed by atoms with van der Waals surface area (Å²) in [7, 11) is 0. The third kappa shape index (κ3) is 4.99. The zero-order chi connectivity index (χ0) is 9.36. The van der Waals surface area contributed by atoms with Crippen LogP contribution in [0.4, 0.5) is 0 Å². The van der Waals surface area contributed by atoms with Crippen LogP contribution in [-0.4, -0.2) is 5.75 Å². The van der Waals surface area contributed by atoms with Crippen molar-refractivity contribution in [1.82, 2.24) is 0 Å². The third-order valence-electron chi connectivity index (χ3n) is 2.20. The van der Waals surface area contributed by atoms with E-state index in [1.165, 1.54) is 37.7 Å². The topological polar surface area (TPSA) is 0 Å². The molecule has 0 amide bonds. The number of hydrogen-bond donors (Lipinski definition) is 0. The summed E-state index contributed by atoms with van der Waals surface area (Å²) in [5.74, 6) is 0.922. The average Bonchev–Trinajstić information content (AvgIpc) is 2.19. The zero-order valence-corrected chi connectivity index (χ0v) is 8.85. The van der Waals surface area contributed by atoms with Gasteiger partial charge in [-0.1, -0.05) is 55.8 Å². The van der Waals surface area contributed by atoms with E-state index in [0.29, 0.717) is 0 Å². The van der Waals surface area contributed by atoms with Crippen LogP contribution < -0.4 is 0 Å². The zero-order valence-electron chi connectivity index (χ0n) is 8.04. The molecule has 1 aromatic rings. The van der Waals surface area contributed by atoms with Gasteiger partial charge in [-0.05, 0) is 24.8 Å². The highest BCUT2D eigenvalue weighted by atomic mass is 32.1. The molecule has 0 fully saturated rings. The minimum absolute atomic E-state index is 0.922. The molecular formula is C12H17S. The Morgan fingerprint density at radius 1 is 0.846 bits per heavy atom. The maximum absolute atomic E-state index is 4.90. The standard InChI is InChI=1S/C12H17S/c13-11-7-2-1-4-8-12-9-5-3-6-10-12/h3,5-6,9-10H,1-2,4,7-8,11H2. The van der Waals surface area contributed by atoms with Crippen LogP contribution in [-0.2, 0) is 6.42 Å². The van der Waals surface area contributed by atoms with Gasteiger partial charge < -0.3 is 0 Å². The summed E-state index contributed by atoms with van der Waals surface area (Å²) >= 11 is 4.90. The minimum atomic E-state index is 0.922. The van der Waals surface area contributed by atoms with E-state index < -0.39 is 0 Å². The van der Waals surface area contributed by atoms with E-state index in [-0.39, 0.29) is 0 Å². The quantitative estimate of drug-likeness (QED) is 0.599. The van der Waals surface area contributed by atoms with E-state index >= 15 is 0 Å². The maximum Gasteiger partial charge on any atom is 0.00369 e. The van der Waals surface area contributed by atoms with Gasteiger partial charge in [0.25, 0.3) is 0 Å². The smallest absolute Gasteiger partial charge is 0.00369 e. The Bertz CT molecular complexity index is 206. The molecule has 0 saturated carbocycles. The Morgan fingerprint density at radius 3 is 2.23 bits per heavy atom. The lowest BCUT2D eigenvalue weighted by atomic mass is 10.1. The molecule has 0 aliphatic carbocycles. The fourth-order valence-electron chi connectivity index (χ4n) is 1.43. The molecule has 0 aliphatic heterocycles. The van der Waals surface area contributed by atoms with Gasteiger partial charge in [0.2, 0.25) is 0 Å². The van der Waals surface area contributed by atoms with E-state index in [4.69, 9.17) is 12.6 Å². The highest BCUT2D eigenvalue weighted by Gasteiger charge is 1.91. The molecule has 71 valence electrons. The second kappa shape index (κ2) is 7.02. The molecule has 0 unspecified atom stereocenters. The summed E-state index contributed by atoms with van der Waals surface area (Å²) in [6.45, 7) is 0. The Morgan fingerprint density at radius 2 is 1.54 bits per heavy atom. The first-order valence-electron chi connectivity index (χ1n) is 5.05. The minimum Gasteiger partial charge on any atom is -0.0942 e. The highest BCUT2D eigenvalue weighted by molar-refractivity contribution is 7.80. The van der Waals surface area contributed by atoms with Gasteiger partial charge in [0.05, 0.1) is 0 Å². The van der Waals surface area contributed by atoms with Crippen LogP contribution in [0.5, 0.6) is 0 Å². The number of unbranched alkanes of at least 4 members (excludes halogenated alkanes) is 3. The van der Waals surface area contributed by atoms with Gasteiger partial charge >= 0.3 is 0 Å². The first-order valence-corrected chi connectivity index (χ1v) is 5.63. The Hall–Kier alpha value is -0.430. The fraction of sp³-hybridized carbons (Fsp3) is 0.500. The lowest BCUT2D eigenvalue weighted by molar-refractivity contribution is 0.671. The molecule has 0 nitrogen and oxygen atoms in total. The molecule has 0 aromatic heterocycles. The van der Waals surface area contributed by atoms with Crippen molar-refractivity contribution in [2.75, 3.05) is 5.75 Å². The van der Waals surface area contributed by atoms with Gasteiger partial charge in [-0.15, -0.1) is 0 Å². The van der Waals surface area contributed by atoms with Crippen LogP contribution in [0, 0.1) is 0 Å². The van der Waals surface area contributed by atoms with E-state index in [1.54, 1.807) is 0 Å². The van der Waals surface area contributed by atoms with Crippen LogP contribution in [0.3, 0.4) is 0 Å². The first kappa shape index (κ1) is 10.6. The van der Waals surface area contributed by atoms with Crippen molar-refractivity contribution in [2.24, 2.45) is 0 Å². The fourth-order valence-corrected chi connectivity index (χ4v) is 1.63. The van der Waals surface area contributed by atoms with E-state index in [1.807, 2.05) is 0 Å². The van der Waals surface area contributed by atoms with Crippen LogP contribution in [0.25, 0.3) is 0 Å². The van der Waals surface area contributed by atoms with Gasteiger partial charge in [-0.3, -0.25) is 0 Å². The van der Waals surface area contributed by atoms with Crippen molar-refractivity contribution in [1.29, 1.82) is 0 Å². The number of benzene rings is 1. The van der Waals surface area contributed by atoms with Crippen molar-refractivity contribution < 1.29 is 0 Å². The van der Waals surface area contributed by atoms with Crippen molar-refractivity contribution >= 4 is 12.6 Å². The molecule has 0 aliphatic rings. The Kier molecular flexibility index (Phi) is 5.75. The lowest BCUT2D eigenvalue weighted by Crippen LogP contribution is -1.85. The molecule has 1 radical (unpaired) electrons. The van der Waals surface area contributed by atoms with E-state index in [2.05, 4.69) is 30.3 Å². The largest absolute Gasteiger partial charge is 0.0942 e. The molecule has 0 heterocycles. The van der Waals surface area contributed by atoms with Crippen molar-refractivity contribution in [3.05, 3.63) is 35.9 Å². The molecule has 0 spiro atoms. The summed E-state index contributed by atoms with van der Waals surface area (Å²) < 4.78 is 0. The third-order valence-corrected chi connectivity index (χ3v) is 2.49. The normalized spacial score (nSPS) is 10.2. The Labute approximate surface area is 86.8 Å². The maximum atomic E-state index is 4.90. The van der Waals surface area contributed by atoms with Gasteiger partial charge in [0, 0.05) is 5.75 Å². The lowest BCUT2D eigenvalue weighted by Gasteiger charge is -2.00. The summed E-state index contributed by atoms with van der Waals surface area (Å²) in [6.07, 6.45) is 6.36. The van der Waals surface area contributed by atoms with Crippen LogP contribution in [0.15, 0.2) is 30.3 Å². The predicted octanol–water partition coefficient (Wildman–Crippen LogP) is 3.99. The Balaban J connectivity index is 2.07. The SMILES string of the molecule is [S]CCCCCCc1ccccc1. The molecule has 0 atom stereocenters. The van der Waals surface area contributed by atoms with Crippen molar-refractivity contribution in [3.63, 3.8) is 0 Å². The van der Waals surface area contributed by atoms with Gasteiger partial charge in [0.15, 0.2) is 0 Å². The average molecular weight is 193 g/mol. The first-order chi connectivity index (χ1) is 6.43. The number of hydrogen-bond acceptors (Lipinski definition) is 0. The summed E-state index contributed by atoms with van der Waals surface area (Å²) in [5.41, 5.74) is 1.46. The number of rotatable bonds is 6. The molecule has 1 aromatic carbocycles. The molecule has 1 rings (SSSR count). The summed E-state index contributed by atoms with van der Waals surface area (Å²) in [5, 5.41) is 0. The van der Waals surface area contributed by atoms with Crippen LogP contribution >= 0.6 is 12.6 Å². The summed E-state index contributed by atoms with van der Waals surface area (Å²) in [4.78, 5) is 0. The molecule has 13 heavy (non-hydrogen) atoms. The van der Waals surface area contributed by atoms with Crippen molar-refractivity contribution in [2.45, 2.75) is 32.1 Å². The van der Waals surface area contributed by atoms with Gasteiger partial charge in [0.1, 0.15) is 0 Å². The molecule has 1 heteroatoms. The van der Waals surface area contributed by atoms with Crippen LogP contribution in [0.2, 0.25) is 0 Å². The second-order valence-electron chi connectivity index (χ2n) is 3.35. The molecule has 0 saturated heterocycles. The second-order valence-corrected chi connectivity index (χ2v) is 3.76. The van der Waals surface area contributed by atoms with Gasteiger partial charge in [-0.25, -0.2) is 0 Å².